The van der Waals surface area contributed by atoms with E-state index >= 15 is 0 Å². The van der Waals surface area contributed by atoms with Crippen molar-refractivity contribution in [3.63, 3.8) is 0 Å². The number of rotatable bonds is 3. The van der Waals surface area contributed by atoms with Crippen LogP contribution < -0.4 is 16.0 Å². The average molecular weight is 275 g/mol. The predicted molar refractivity (Wildman–Crippen MR) is 79.8 cm³/mol. The minimum absolute atomic E-state index is 0.0296. The average Bonchev–Trinajstić information content (AvgIpc) is 2.81. The third-order valence-electron chi connectivity index (χ3n) is 3.68. The molecule has 0 saturated carbocycles. The summed E-state index contributed by atoms with van der Waals surface area (Å²) in [5.74, 6) is -0.159. The predicted octanol–water partition coefficient (Wildman–Crippen LogP) is 2.03. The molecule has 0 spiro atoms. The van der Waals surface area contributed by atoms with E-state index in [1.54, 1.807) is 6.07 Å². The molecule has 1 heterocycles. The minimum Gasteiger partial charge on any atom is -0.326 e. The Balaban J connectivity index is 2.15. The number of carbonyl (C=O) groups is 2. The molecule has 1 unspecified atom stereocenters. The molecule has 1 aliphatic rings. The number of anilines is 2. The maximum Gasteiger partial charge on any atom is 0.244 e. The summed E-state index contributed by atoms with van der Waals surface area (Å²) in [6.45, 7) is 6.18. The van der Waals surface area contributed by atoms with E-state index in [1.165, 1.54) is 6.92 Å². The fraction of sp³-hybridized carbons (Fsp3) is 0.467. The van der Waals surface area contributed by atoms with Gasteiger partial charge in [0.1, 0.15) is 0 Å². The second-order valence-electron chi connectivity index (χ2n) is 5.53. The van der Waals surface area contributed by atoms with Crippen molar-refractivity contribution in [3.05, 3.63) is 23.8 Å². The molecule has 1 saturated heterocycles. The van der Waals surface area contributed by atoms with Gasteiger partial charge in [-0.1, -0.05) is 6.07 Å². The van der Waals surface area contributed by atoms with E-state index in [2.05, 4.69) is 16.0 Å². The molecule has 1 fully saturated rings. The summed E-state index contributed by atoms with van der Waals surface area (Å²) in [4.78, 5) is 23.4. The van der Waals surface area contributed by atoms with Gasteiger partial charge in [-0.2, -0.15) is 0 Å². The lowest BCUT2D eigenvalue weighted by molar-refractivity contribution is -0.121. The van der Waals surface area contributed by atoms with Crippen molar-refractivity contribution in [2.75, 3.05) is 17.2 Å². The number of aryl methyl sites for hydroxylation is 1. The van der Waals surface area contributed by atoms with Gasteiger partial charge in [-0.3, -0.25) is 9.59 Å². The van der Waals surface area contributed by atoms with Gasteiger partial charge in [0.05, 0.1) is 5.54 Å². The number of nitrogens with one attached hydrogen (secondary N) is 3. The van der Waals surface area contributed by atoms with Gasteiger partial charge >= 0.3 is 0 Å². The van der Waals surface area contributed by atoms with Crippen LogP contribution in [-0.2, 0) is 9.59 Å². The summed E-state index contributed by atoms with van der Waals surface area (Å²) >= 11 is 0. The molecule has 2 rings (SSSR count). The summed E-state index contributed by atoms with van der Waals surface area (Å²) in [6.07, 6.45) is 1.85. The van der Waals surface area contributed by atoms with Crippen LogP contribution in [0, 0.1) is 6.92 Å². The van der Waals surface area contributed by atoms with Crippen molar-refractivity contribution >= 4 is 23.2 Å². The van der Waals surface area contributed by atoms with Gasteiger partial charge in [0.2, 0.25) is 11.8 Å². The second kappa shape index (κ2) is 5.63. The fourth-order valence-corrected chi connectivity index (χ4v) is 2.39. The largest absolute Gasteiger partial charge is 0.326 e. The van der Waals surface area contributed by atoms with Gasteiger partial charge in [0, 0.05) is 18.3 Å². The van der Waals surface area contributed by atoms with E-state index in [-0.39, 0.29) is 11.8 Å². The Labute approximate surface area is 119 Å². The first kappa shape index (κ1) is 14.5. The van der Waals surface area contributed by atoms with E-state index in [9.17, 15) is 9.59 Å². The lowest BCUT2D eigenvalue weighted by Crippen LogP contribution is -2.48. The van der Waals surface area contributed by atoms with Crippen molar-refractivity contribution in [1.82, 2.24) is 5.32 Å². The van der Waals surface area contributed by atoms with Crippen LogP contribution in [0.25, 0.3) is 0 Å². The first-order valence-corrected chi connectivity index (χ1v) is 6.85. The van der Waals surface area contributed by atoms with Crippen molar-refractivity contribution < 1.29 is 9.59 Å². The van der Waals surface area contributed by atoms with Gasteiger partial charge in [-0.05, 0) is 50.9 Å². The third kappa shape index (κ3) is 3.17. The Hall–Kier alpha value is -1.88. The number of amides is 2. The first-order chi connectivity index (χ1) is 9.40. The highest BCUT2D eigenvalue weighted by atomic mass is 16.2. The van der Waals surface area contributed by atoms with Crippen LogP contribution in [0.15, 0.2) is 18.2 Å². The maximum absolute atomic E-state index is 12.4. The minimum atomic E-state index is -0.504. The Kier molecular flexibility index (Phi) is 4.09. The zero-order valence-electron chi connectivity index (χ0n) is 12.2. The topological polar surface area (TPSA) is 70.2 Å². The lowest BCUT2D eigenvalue weighted by atomic mass is 9.99. The molecule has 1 atom stereocenters. The van der Waals surface area contributed by atoms with Crippen molar-refractivity contribution in [3.8, 4) is 0 Å². The van der Waals surface area contributed by atoms with E-state index in [0.29, 0.717) is 5.69 Å². The van der Waals surface area contributed by atoms with Crippen LogP contribution in [0.2, 0.25) is 0 Å². The number of benzene rings is 1. The normalized spacial score (nSPS) is 21.6. The Morgan fingerprint density at radius 3 is 2.65 bits per heavy atom. The second-order valence-corrected chi connectivity index (χ2v) is 5.53. The van der Waals surface area contributed by atoms with E-state index in [4.69, 9.17) is 0 Å². The molecule has 0 bridgehead atoms. The molecule has 1 aromatic carbocycles. The van der Waals surface area contributed by atoms with E-state index in [0.717, 1.165) is 30.6 Å². The summed E-state index contributed by atoms with van der Waals surface area (Å²) in [5.41, 5.74) is 1.88. The van der Waals surface area contributed by atoms with E-state index < -0.39 is 5.54 Å². The van der Waals surface area contributed by atoms with Crippen molar-refractivity contribution in [2.45, 2.75) is 39.2 Å². The zero-order valence-corrected chi connectivity index (χ0v) is 12.2. The molecule has 1 aliphatic heterocycles. The molecule has 0 radical (unpaired) electrons. The summed E-state index contributed by atoms with van der Waals surface area (Å²) in [6, 6.07) is 5.49. The third-order valence-corrected chi connectivity index (χ3v) is 3.68. The van der Waals surface area contributed by atoms with Crippen LogP contribution in [0.1, 0.15) is 32.3 Å². The van der Waals surface area contributed by atoms with Gasteiger partial charge in [0.15, 0.2) is 0 Å². The molecule has 108 valence electrons. The highest BCUT2D eigenvalue weighted by Gasteiger charge is 2.35. The molecular formula is C15H21N3O2. The molecule has 1 aromatic rings. The van der Waals surface area contributed by atoms with Gasteiger partial charge in [0.25, 0.3) is 0 Å². The quantitative estimate of drug-likeness (QED) is 0.790. The van der Waals surface area contributed by atoms with Gasteiger partial charge in [-0.15, -0.1) is 0 Å². The zero-order chi connectivity index (χ0) is 14.8. The van der Waals surface area contributed by atoms with Crippen LogP contribution >= 0.6 is 0 Å². The molecule has 2 amide bonds. The maximum atomic E-state index is 12.4. The van der Waals surface area contributed by atoms with Crippen LogP contribution in [0.3, 0.4) is 0 Å². The highest BCUT2D eigenvalue weighted by Crippen LogP contribution is 2.24. The molecule has 0 aromatic heterocycles. The summed E-state index contributed by atoms with van der Waals surface area (Å²) < 4.78 is 0. The van der Waals surface area contributed by atoms with Crippen molar-refractivity contribution in [1.29, 1.82) is 0 Å². The monoisotopic (exact) mass is 275 g/mol. The molecule has 20 heavy (non-hydrogen) atoms. The van der Waals surface area contributed by atoms with Crippen LogP contribution in [-0.4, -0.2) is 23.9 Å². The number of carbonyl (C=O) groups excluding carboxylic acids is 2. The fourth-order valence-electron chi connectivity index (χ4n) is 2.39. The SMILES string of the molecule is CC(=O)Nc1ccc(C)c(NC(=O)C2(C)CCCN2)c1. The Morgan fingerprint density at radius 2 is 2.05 bits per heavy atom. The molecule has 5 heteroatoms. The Morgan fingerprint density at radius 1 is 1.30 bits per heavy atom. The summed E-state index contributed by atoms with van der Waals surface area (Å²) in [5, 5.41) is 8.91. The standard InChI is InChI=1S/C15H21N3O2/c1-10-5-6-12(17-11(2)19)9-13(10)18-14(20)15(3)7-4-8-16-15/h5-6,9,16H,4,7-8H2,1-3H3,(H,17,19)(H,18,20). The molecule has 0 aliphatic carbocycles. The van der Waals surface area contributed by atoms with Gasteiger partial charge in [-0.25, -0.2) is 0 Å². The lowest BCUT2D eigenvalue weighted by Gasteiger charge is -2.23. The highest BCUT2D eigenvalue weighted by molar-refractivity contribution is 5.99. The number of hydrogen-bond acceptors (Lipinski definition) is 3. The van der Waals surface area contributed by atoms with Crippen molar-refractivity contribution in [2.24, 2.45) is 0 Å². The van der Waals surface area contributed by atoms with Gasteiger partial charge < -0.3 is 16.0 Å². The molecule has 5 nitrogen and oxygen atoms in total. The molecule has 3 N–H and O–H groups in total. The molecular weight excluding hydrogens is 254 g/mol. The Bertz CT molecular complexity index is 534. The smallest absolute Gasteiger partial charge is 0.244 e. The van der Waals surface area contributed by atoms with E-state index in [1.807, 2.05) is 26.0 Å². The number of hydrogen-bond donors (Lipinski definition) is 3. The van der Waals surface area contributed by atoms with Crippen LogP contribution in [0.4, 0.5) is 11.4 Å². The summed E-state index contributed by atoms with van der Waals surface area (Å²) in [7, 11) is 0. The first-order valence-electron chi connectivity index (χ1n) is 6.85. The van der Waals surface area contributed by atoms with Crippen LogP contribution in [0.5, 0.6) is 0 Å².